The van der Waals surface area contributed by atoms with Gasteiger partial charge in [-0.2, -0.15) is 13.2 Å². The van der Waals surface area contributed by atoms with Gasteiger partial charge in [0, 0.05) is 19.2 Å². The van der Waals surface area contributed by atoms with Crippen molar-refractivity contribution in [3.8, 4) is 0 Å². The Labute approximate surface area is 96.3 Å². The van der Waals surface area contributed by atoms with Crippen molar-refractivity contribution in [2.24, 2.45) is 0 Å². The van der Waals surface area contributed by atoms with Crippen LogP contribution in [0, 0.1) is 0 Å². The molecule has 2 rings (SSSR count). The van der Waals surface area contributed by atoms with E-state index in [0.29, 0.717) is 5.56 Å². The van der Waals surface area contributed by atoms with E-state index in [9.17, 15) is 18.0 Å². The van der Waals surface area contributed by atoms with Crippen LogP contribution in [0.2, 0.25) is 0 Å². The summed E-state index contributed by atoms with van der Waals surface area (Å²) in [4.78, 5) is 12.9. The van der Waals surface area contributed by atoms with E-state index in [1.165, 1.54) is 24.1 Å². The zero-order valence-corrected chi connectivity index (χ0v) is 9.14. The van der Waals surface area contributed by atoms with Gasteiger partial charge in [-0.15, -0.1) is 0 Å². The number of amides is 1. The number of alkyl halides is 3. The normalized spacial score (nSPS) is 15.1. The van der Waals surface area contributed by atoms with Crippen molar-refractivity contribution in [1.29, 1.82) is 0 Å². The van der Waals surface area contributed by atoms with Gasteiger partial charge < -0.3 is 4.90 Å². The number of nitrogens with zero attached hydrogens (tertiary/aromatic N) is 1. The number of fused-ring (bicyclic) bond motifs is 1. The number of hydrogen-bond donors (Lipinski definition) is 0. The molecule has 0 N–H and O–H groups in total. The molecule has 1 amide bonds. The minimum Gasteiger partial charge on any atom is -0.337 e. The quantitative estimate of drug-likeness (QED) is 0.740. The number of rotatable bonds is 1. The molecule has 0 aromatic heterocycles. The summed E-state index contributed by atoms with van der Waals surface area (Å²) in [5, 5.41) is 0. The highest BCUT2D eigenvalue weighted by molar-refractivity contribution is 5.99. The molecule has 0 radical (unpaired) electrons. The highest BCUT2D eigenvalue weighted by Crippen LogP contribution is 2.37. The van der Waals surface area contributed by atoms with Crippen LogP contribution >= 0.6 is 0 Å². The Morgan fingerprint density at radius 2 is 2.06 bits per heavy atom. The Hall–Kier alpha value is -1.78. The molecule has 5 heteroatoms. The van der Waals surface area contributed by atoms with E-state index in [-0.39, 0.29) is 23.6 Å². The second-order valence-corrected chi connectivity index (χ2v) is 3.96. The van der Waals surface area contributed by atoms with Gasteiger partial charge >= 0.3 is 6.18 Å². The van der Waals surface area contributed by atoms with Crippen LogP contribution in [0.5, 0.6) is 0 Å². The number of benzene rings is 1. The van der Waals surface area contributed by atoms with Gasteiger partial charge in [0.05, 0.1) is 5.56 Å². The predicted octanol–water partition coefficient (Wildman–Crippen LogP) is 2.93. The van der Waals surface area contributed by atoms with E-state index < -0.39 is 11.7 Å². The SMILES string of the molecule is C=Cc1cc2c(c(C(F)(F)F)c1)CN(C)C2=O. The molecule has 0 saturated carbocycles. The van der Waals surface area contributed by atoms with E-state index in [4.69, 9.17) is 0 Å². The molecule has 0 unspecified atom stereocenters. The third-order valence-electron chi connectivity index (χ3n) is 2.79. The molecule has 0 spiro atoms. The van der Waals surface area contributed by atoms with Gasteiger partial charge in [-0.25, -0.2) is 0 Å². The molecule has 1 heterocycles. The highest BCUT2D eigenvalue weighted by atomic mass is 19.4. The first kappa shape index (κ1) is 11.7. The molecule has 1 aromatic carbocycles. The molecule has 90 valence electrons. The van der Waals surface area contributed by atoms with Crippen molar-refractivity contribution < 1.29 is 18.0 Å². The van der Waals surface area contributed by atoms with Crippen LogP contribution in [0.4, 0.5) is 13.2 Å². The predicted molar refractivity (Wildman–Crippen MR) is 57.3 cm³/mol. The first-order valence-corrected chi connectivity index (χ1v) is 4.96. The van der Waals surface area contributed by atoms with Crippen molar-refractivity contribution in [1.82, 2.24) is 4.90 Å². The summed E-state index contributed by atoms with van der Waals surface area (Å²) in [6, 6.07) is 2.47. The number of hydrogen-bond acceptors (Lipinski definition) is 1. The molecule has 0 aliphatic carbocycles. The van der Waals surface area contributed by atoms with Crippen LogP contribution in [-0.4, -0.2) is 17.9 Å². The van der Waals surface area contributed by atoms with Crippen molar-refractivity contribution >= 4 is 12.0 Å². The Bertz CT molecular complexity index is 505. The zero-order chi connectivity index (χ0) is 12.8. The molecule has 17 heavy (non-hydrogen) atoms. The minimum absolute atomic E-state index is 0.000429. The number of carbonyl (C=O) groups is 1. The fourth-order valence-corrected chi connectivity index (χ4v) is 1.94. The van der Waals surface area contributed by atoms with Crippen molar-refractivity contribution in [3.05, 3.63) is 41.0 Å². The van der Waals surface area contributed by atoms with Gasteiger partial charge in [0.25, 0.3) is 5.91 Å². The lowest BCUT2D eigenvalue weighted by Crippen LogP contribution is -2.17. The molecule has 0 fully saturated rings. The lowest BCUT2D eigenvalue weighted by Gasteiger charge is -2.12. The zero-order valence-electron chi connectivity index (χ0n) is 9.14. The summed E-state index contributed by atoms with van der Waals surface area (Å²) in [5.74, 6) is -0.380. The van der Waals surface area contributed by atoms with Crippen molar-refractivity contribution in [3.63, 3.8) is 0 Å². The monoisotopic (exact) mass is 241 g/mol. The molecule has 0 atom stereocenters. The van der Waals surface area contributed by atoms with Crippen LogP contribution in [0.3, 0.4) is 0 Å². The maximum atomic E-state index is 12.8. The first-order valence-electron chi connectivity index (χ1n) is 4.96. The summed E-state index contributed by atoms with van der Waals surface area (Å²) in [5.41, 5.74) is -0.268. The van der Waals surface area contributed by atoms with Gasteiger partial charge in [-0.05, 0) is 23.3 Å². The Morgan fingerprint density at radius 1 is 1.41 bits per heavy atom. The smallest absolute Gasteiger partial charge is 0.337 e. The third kappa shape index (κ3) is 1.81. The molecule has 1 aliphatic rings. The van der Waals surface area contributed by atoms with Crippen LogP contribution in [0.15, 0.2) is 18.7 Å². The standard InChI is InChI=1S/C12H10F3NO/c1-3-7-4-8-9(6-16(2)11(8)17)10(5-7)12(13,14)15/h3-5H,1,6H2,2H3. The number of carbonyl (C=O) groups excluding carboxylic acids is 1. The maximum Gasteiger partial charge on any atom is 0.416 e. The average molecular weight is 241 g/mol. The molecule has 0 saturated heterocycles. The fraction of sp³-hybridized carbons (Fsp3) is 0.250. The maximum absolute atomic E-state index is 12.8. The Kier molecular flexibility index (Phi) is 2.49. The van der Waals surface area contributed by atoms with Crippen LogP contribution < -0.4 is 0 Å². The first-order chi connectivity index (χ1) is 7.84. The second-order valence-electron chi connectivity index (χ2n) is 3.96. The van der Waals surface area contributed by atoms with Gasteiger partial charge in [-0.1, -0.05) is 12.7 Å². The topological polar surface area (TPSA) is 20.3 Å². The summed E-state index contributed by atoms with van der Waals surface area (Å²) in [7, 11) is 1.48. The molecular weight excluding hydrogens is 231 g/mol. The van der Waals surface area contributed by atoms with Gasteiger partial charge in [0.2, 0.25) is 0 Å². The largest absolute Gasteiger partial charge is 0.416 e. The summed E-state index contributed by atoms with van der Waals surface area (Å²) in [6.45, 7) is 3.43. The molecular formula is C12H10F3NO. The van der Waals surface area contributed by atoms with Crippen molar-refractivity contribution in [2.45, 2.75) is 12.7 Å². The Balaban J connectivity index is 2.70. The molecule has 2 nitrogen and oxygen atoms in total. The van der Waals surface area contributed by atoms with Gasteiger partial charge in [-0.3, -0.25) is 4.79 Å². The van der Waals surface area contributed by atoms with Gasteiger partial charge in [0.15, 0.2) is 0 Å². The van der Waals surface area contributed by atoms with E-state index in [1.807, 2.05) is 0 Å². The Morgan fingerprint density at radius 3 is 2.59 bits per heavy atom. The van der Waals surface area contributed by atoms with Gasteiger partial charge in [0.1, 0.15) is 0 Å². The average Bonchev–Trinajstić information content (AvgIpc) is 2.53. The molecule has 0 bridgehead atoms. The van der Waals surface area contributed by atoms with E-state index in [1.54, 1.807) is 0 Å². The third-order valence-corrected chi connectivity index (χ3v) is 2.79. The minimum atomic E-state index is -4.45. The van der Waals surface area contributed by atoms with E-state index in [2.05, 4.69) is 6.58 Å². The lowest BCUT2D eigenvalue weighted by atomic mass is 9.99. The van der Waals surface area contributed by atoms with Crippen LogP contribution in [-0.2, 0) is 12.7 Å². The summed E-state index contributed by atoms with van der Waals surface area (Å²) >= 11 is 0. The lowest BCUT2D eigenvalue weighted by molar-refractivity contribution is -0.138. The summed E-state index contributed by atoms with van der Waals surface area (Å²) in [6.07, 6.45) is -3.14. The summed E-state index contributed by atoms with van der Waals surface area (Å²) < 4.78 is 38.5. The van der Waals surface area contributed by atoms with Crippen LogP contribution in [0.25, 0.3) is 6.08 Å². The fourth-order valence-electron chi connectivity index (χ4n) is 1.94. The van der Waals surface area contributed by atoms with E-state index >= 15 is 0 Å². The van der Waals surface area contributed by atoms with Crippen molar-refractivity contribution in [2.75, 3.05) is 7.05 Å². The second kappa shape index (κ2) is 3.61. The van der Waals surface area contributed by atoms with E-state index in [0.717, 1.165) is 6.07 Å². The molecule has 1 aromatic rings. The molecule has 1 aliphatic heterocycles. The van der Waals surface area contributed by atoms with Crippen LogP contribution in [0.1, 0.15) is 27.0 Å². The number of halogens is 3. The highest BCUT2D eigenvalue weighted by Gasteiger charge is 2.38.